The molecular formula is C12H27BrOSi. The Labute approximate surface area is 105 Å². The zero-order chi connectivity index (χ0) is 11.7. The van der Waals surface area contributed by atoms with E-state index in [2.05, 4.69) is 42.9 Å². The van der Waals surface area contributed by atoms with E-state index in [0.717, 1.165) is 17.9 Å². The zero-order valence-electron chi connectivity index (χ0n) is 10.8. The summed E-state index contributed by atoms with van der Waals surface area (Å²) in [6.45, 7) is 10.2. The molecule has 0 aliphatic heterocycles. The molecule has 0 atom stereocenters. The summed E-state index contributed by atoms with van der Waals surface area (Å²) >= 11 is 3.45. The van der Waals surface area contributed by atoms with E-state index in [4.69, 9.17) is 4.43 Å². The van der Waals surface area contributed by atoms with E-state index in [1.54, 1.807) is 0 Å². The second-order valence-corrected chi connectivity index (χ2v) is 10.3. The van der Waals surface area contributed by atoms with Gasteiger partial charge in [0.05, 0.1) is 0 Å². The summed E-state index contributed by atoms with van der Waals surface area (Å²) in [5.41, 5.74) is 0. The maximum Gasteiger partial charge on any atom is 0.186 e. The second kappa shape index (κ2) is 8.77. The molecule has 0 aromatic heterocycles. The van der Waals surface area contributed by atoms with Gasteiger partial charge >= 0.3 is 0 Å². The highest BCUT2D eigenvalue weighted by Gasteiger charge is 2.23. The van der Waals surface area contributed by atoms with Crippen molar-refractivity contribution >= 4 is 24.2 Å². The van der Waals surface area contributed by atoms with Crippen LogP contribution in [0.15, 0.2) is 0 Å². The quantitative estimate of drug-likeness (QED) is 0.337. The Morgan fingerprint density at radius 3 is 2.20 bits per heavy atom. The number of hydrogen-bond donors (Lipinski definition) is 0. The van der Waals surface area contributed by atoms with Gasteiger partial charge in [-0.2, -0.15) is 0 Å². The van der Waals surface area contributed by atoms with Crippen LogP contribution in [0, 0.1) is 5.92 Å². The van der Waals surface area contributed by atoms with Gasteiger partial charge in [0.15, 0.2) is 8.32 Å². The van der Waals surface area contributed by atoms with Crippen molar-refractivity contribution in [1.29, 1.82) is 0 Å². The fourth-order valence-corrected chi connectivity index (χ4v) is 5.12. The number of hydrogen-bond acceptors (Lipinski definition) is 1. The first-order chi connectivity index (χ1) is 6.98. The Morgan fingerprint density at radius 1 is 1.07 bits per heavy atom. The topological polar surface area (TPSA) is 9.23 Å². The van der Waals surface area contributed by atoms with Gasteiger partial charge in [-0.1, -0.05) is 42.6 Å². The van der Waals surface area contributed by atoms with Crippen LogP contribution in [0.1, 0.15) is 39.5 Å². The minimum atomic E-state index is -1.34. The normalized spacial score (nSPS) is 12.4. The summed E-state index contributed by atoms with van der Waals surface area (Å²) in [5.74, 6) is 0.778. The highest BCUT2D eigenvalue weighted by atomic mass is 79.9. The number of unbranched alkanes of at least 4 members (excludes halogenated alkanes) is 3. The molecule has 0 aromatic carbocycles. The van der Waals surface area contributed by atoms with E-state index >= 15 is 0 Å². The SMILES string of the molecule is CC(C)C[Si](C)(C)OCCCCCCBr. The van der Waals surface area contributed by atoms with E-state index in [1.165, 1.54) is 31.7 Å². The van der Waals surface area contributed by atoms with Crippen LogP contribution in [-0.2, 0) is 4.43 Å². The summed E-state index contributed by atoms with van der Waals surface area (Å²) in [7, 11) is -1.34. The lowest BCUT2D eigenvalue weighted by atomic mass is 10.2. The first-order valence-corrected chi connectivity index (χ1v) is 10.4. The molecule has 0 aromatic rings. The summed E-state index contributed by atoms with van der Waals surface area (Å²) < 4.78 is 6.05. The predicted molar refractivity (Wildman–Crippen MR) is 75.3 cm³/mol. The van der Waals surface area contributed by atoms with Crippen LogP contribution in [-0.4, -0.2) is 20.3 Å². The molecule has 0 aliphatic rings. The molecule has 1 nitrogen and oxygen atoms in total. The van der Waals surface area contributed by atoms with Gasteiger partial charge < -0.3 is 4.43 Å². The van der Waals surface area contributed by atoms with Gasteiger partial charge in [-0.05, 0) is 37.9 Å². The predicted octanol–water partition coefficient (Wildman–Crippen LogP) is 4.82. The van der Waals surface area contributed by atoms with Crippen molar-refractivity contribution in [1.82, 2.24) is 0 Å². The van der Waals surface area contributed by atoms with E-state index in [9.17, 15) is 0 Å². The molecule has 0 spiro atoms. The summed E-state index contributed by atoms with van der Waals surface area (Å²) in [4.78, 5) is 0. The van der Waals surface area contributed by atoms with Crippen LogP contribution >= 0.6 is 15.9 Å². The Bertz CT molecular complexity index is 149. The molecule has 0 amide bonds. The number of alkyl halides is 1. The van der Waals surface area contributed by atoms with E-state index in [-0.39, 0.29) is 0 Å². The fourth-order valence-electron chi connectivity index (χ4n) is 1.94. The van der Waals surface area contributed by atoms with E-state index in [1.807, 2.05) is 0 Å². The van der Waals surface area contributed by atoms with Crippen molar-refractivity contribution in [3.05, 3.63) is 0 Å². The smallest absolute Gasteiger partial charge is 0.186 e. The molecule has 0 saturated heterocycles. The molecule has 0 aliphatic carbocycles. The molecule has 92 valence electrons. The molecule has 0 radical (unpaired) electrons. The average Bonchev–Trinajstić information content (AvgIpc) is 2.08. The molecule has 0 bridgehead atoms. The van der Waals surface area contributed by atoms with Gasteiger partial charge in [0, 0.05) is 11.9 Å². The van der Waals surface area contributed by atoms with Gasteiger partial charge in [0.1, 0.15) is 0 Å². The van der Waals surface area contributed by atoms with Crippen LogP contribution in [0.25, 0.3) is 0 Å². The van der Waals surface area contributed by atoms with E-state index < -0.39 is 8.32 Å². The fraction of sp³-hybridized carbons (Fsp3) is 1.00. The van der Waals surface area contributed by atoms with Crippen molar-refractivity contribution in [3.63, 3.8) is 0 Å². The van der Waals surface area contributed by atoms with E-state index in [0.29, 0.717) is 0 Å². The van der Waals surface area contributed by atoms with Crippen LogP contribution in [0.4, 0.5) is 0 Å². The molecule has 3 heteroatoms. The van der Waals surface area contributed by atoms with Crippen LogP contribution in [0.2, 0.25) is 19.1 Å². The summed E-state index contributed by atoms with van der Waals surface area (Å²) in [6, 6.07) is 1.29. The monoisotopic (exact) mass is 294 g/mol. The highest BCUT2D eigenvalue weighted by molar-refractivity contribution is 9.09. The molecule has 0 fully saturated rings. The van der Waals surface area contributed by atoms with Gasteiger partial charge in [0.25, 0.3) is 0 Å². The average molecular weight is 295 g/mol. The molecule has 0 unspecified atom stereocenters. The molecule has 0 N–H and O–H groups in total. The maximum absolute atomic E-state index is 6.05. The summed E-state index contributed by atoms with van der Waals surface area (Å²) in [6.07, 6.45) is 5.19. The largest absolute Gasteiger partial charge is 0.417 e. The van der Waals surface area contributed by atoms with Crippen molar-refractivity contribution in [2.24, 2.45) is 5.92 Å². The highest BCUT2D eigenvalue weighted by Crippen LogP contribution is 2.18. The third kappa shape index (κ3) is 10.9. The van der Waals surface area contributed by atoms with Gasteiger partial charge in [-0.25, -0.2) is 0 Å². The van der Waals surface area contributed by atoms with Crippen molar-refractivity contribution in [3.8, 4) is 0 Å². The third-order valence-corrected chi connectivity index (χ3v) is 5.77. The van der Waals surface area contributed by atoms with Gasteiger partial charge in [0.2, 0.25) is 0 Å². The Morgan fingerprint density at radius 2 is 1.67 bits per heavy atom. The second-order valence-electron chi connectivity index (χ2n) is 5.31. The van der Waals surface area contributed by atoms with Gasteiger partial charge in [-0.15, -0.1) is 0 Å². The minimum absolute atomic E-state index is 0.778. The van der Waals surface area contributed by atoms with Crippen LogP contribution in [0.5, 0.6) is 0 Å². The molecular weight excluding hydrogens is 268 g/mol. The van der Waals surface area contributed by atoms with Crippen molar-refractivity contribution < 1.29 is 4.43 Å². The van der Waals surface area contributed by atoms with Gasteiger partial charge in [-0.3, -0.25) is 0 Å². The lowest BCUT2D eigenvalue weighted by molar-refractivity contribution is 0.291. The molecule has 0 rings (SSSR count). The minimum Gasteiger partial charge on any atom is -0.417 e. The standard InChI is InChI=1S/C12H27BrOSi/c1-12(2)11-15(3,4)14-10-8-6-5-7-9-13/h12H,5-11H2,1-4H3. The lowest BCUT2D eigenvalue weighted by Crippen LogP contribution is -2.32. The molecule has 0 heterocycles. The van der Waals surface area contributed by atoms with Crippen LogP contribution in [0.3, 0.4) is 0 Å². The first-order valence-electron chi connectivity index (χ1n) is 6.18. The first kappa shape index (κ1) is 15.7. The molecule has 15 heavy (non-hydrogen) atoms. The molecule has 0 saturated carbocycles. The van der Waals surface area contributed by atoms with Crippen molar-refractivity contribution in [2.75, 3.05) is 11.9 Å². The third-order valence-electron chi connectivity index (χ3n) is 2.42. The Kier molecular flexibility index (Phi) is 9.15. The maximum atomic E-state index is 6.05. The van der Waals surface area contributed by atoms with Crippen molar-refractivity contribution in [2.45, 2.75) is 58.7 Å². The Hall–Kier alpha value is 0.657. The number of rotatable bonds is 9. The summed E-state index contributed by atoms with van der Waals surface area (Å²) in [5, 5.41) is 1.14. The Balaban J connectivity index is 3.40. The lowest BCUT2D eigenvalue weighted by Gasteiger charge is -2.24. The van der Waals surface area contributed by atoms with Crippen LogP contribution < -0.4 is 0 Å². The zero-order valence-corrected chi connectivity index (χ0v) is 13.4. The number of halogens is 1.